The first kappa shape index (κ1) is 20.0. The van der Waals surface area contributed by atoms with Crippen molar-refractivity contribution in [3.8, 4) is 11.8 Å². The van der Waals surface area contributed by atoms with Gasteiger partial charge in [-0.1, -0.05) is 24.8 Å². The Morgan fingerprint density at radius 2 is 1.96 bits per heavy atom. The Labute approximate surface area is 163 Å². The number of amides is 3. The topological polar surface area (TPSA) is 121 Å². The summed E-state index contributed by atoms with van der Waals surface area (Å²) in [6, 6.07) is -0.685. The lowest BCUT2D eigenvalue weighted by Gasteiger charge is -2.28. The van der Waals surface area contributed by atoms with Crippen LogP contribution in [0.2, 0.25) is 0 Å². The van der Waals surface area contributed by atoms with Gasteiger partial charge < -0.3 is 5.32 Å². The van der Waals surface area contributed by atoms with E-state index in [-0.39, 0.29) is 13.1 Å². The molecule has 3 heterocycles. The van der Waals surface area contributed by atoms with E-state index in [1.807, 2.05) is 6.92 Å². The van der Waals surface area contributed by atoms with Crippen molar-refractivity contribution in [3.05, 3.63) is 35.4 Å². The molecule has 3 amide bonds. The van der Waals surface area contributed by atoms with E-state index in [0.29, 0.717) is 12.0 Å². The van der Waals surface area contributed by atoms with E-state index in [0.717, 1.165) is 17.8 Å². The predicted molar refractivity (Wildman–Crippen MR) is 101 cm³/mol. The Hall–Kier alpha value is -2.77. The van der Waals surface area contributed by atoms with Crippen LogP contribution in [-0.4, -0.2) is 59.0 Å². The zero-order valence-corrected chi connectivity index (χ0v) is 16.5. The molecule has 0 saturated carbocycles. The third-order valence-electron chi connectivity index (χ3n) is 4.54. The molecule has 148 valence electrons. The Balaban J connectivity index is 1.65. The molecular formula is C18H21N5O4S. The number of hydrogen-bond donors (Lipinski definition) is 2. The Bertz CT molecular complexity index is 991. The van der Waals surface area contributed by atoms with E-state index < -0.39 is 33.3 Å². The summed E-state index contributed by atoms with van der Waals surface area (Å²) in [5.74, 6) is 5.63. The molecule has 1 fully saturated rings. The molecule has 1 unspecified atom stereocenters. The Morgan fingerprint density at radius 1 is 1.25 bits per heavy atom. The van der Waals surface area contributed by atoms with Gasteiger partial charge in [0.05, 0.1) is 11.3 Å². The Morgan fingerprint density at radius 3 is 2.50 bits per heavy atom. The van der Waals surface area contributed by atoms with Gasteiger partial charge in [-0.25, -0.2) is 23.2 Å². The molecule has 1 aromatic rings. The standard InChI is InChI=1S/C18H21N5O4S/c1-3-15-19-10-14(11-20-15)5-4-13-6-8-23(9-7-13)28(26,27)12-18(2)16(24)21-17(25)22-18/h6,10-11H,3,7-9,12H2,1-2H3,(H2,21,22,24,25). The smallest absolute Gasteiger partial charge is 0.322 e. The second-order valence-electron chi connectivity index (χ2n) is 6.83. The SMILES string of the molecule is CCc1ncc(C#CC2=CCN(S(=O)(=O)CC3(C)NC(=O)NC3=O)CC2)cn1. The molecule has 0 bridgehead atoms. The van der Waals surface area contributed by atoms with Crippen LogP contribution in [0.25, 0.3) is 0 Å². The maximum atomic E-state index is 12.7. The summed E-state index contributed by atoms with van der Waals surface area (Å²) >= 11 is 0. The van der Waals surface area contributed by atoms with Crippen LogP contribution in [0.4, 0.5) is 4.79 Å². The molecule has 0 radical (unpaired) electrons. The number of sulfonamides is 1. The monoisotopic (exact) mass is 403 g/mol. The zero-order chi connectivity index (χ0) is 20.4. The predicted octanol–water partition coefficient (Wildman–Crippen LogP) is -0.0495. The number of rotatable bonds is 4. The van der Waals surface area contributed by atoms with Crippen LogP contribution < -0.4 is 10.6 Å². The molecular weight excluding hydrogens is 382 g/mol. The van der Waals surface area contributed by atoms with Crippen molar-refractivity contribution >= 4 is 22.0 Å². The van der Waals surface area contributed by atoms with Crippen LogP contribution >= 0.6 is 0 Å². The van der Waals surface area contributed by atoms with E-state index in [2.05, 4.69) is 32.4 Å². The van der Waals surface area contributed by atoms with Gasteiger partial charge in [0.1, 0.15) is 11.4 Å². The lowest BCUT2D eigenvalue weighted by atomic mass is 10.1. The van der Waals surface area contributed by atoms with E-state index in [1.54, 1.807) is 18.5 Å². The van der Waals surface area contributed by atoms with Gasteiger partial charge in [0.2, 0.25) is 10.0 Å². The highest BCUT2D eigenvalue weighted by molar-refractivity contribution is 7.89. The molecule has 2 N–H and O–H groups in total. The molecule has 0 aliphatic carbocycles. The average molecular weight is 403 g/mol. The summed E-state index contributed by atoms with van der Waals surface area (Å²) in [7, 11) is -3.73. The second kappa shape index (κ2) is 7.69. The zero-order valence-electron chi connectivity index (χ0n) is 15.7. The van der Waals surface area contributed by atoms with Crippen LogP contribution in [0.3, 0.4) is 0 Å². The number of urea groups is 1. The number of carbonyl (C=O) groups is 2. The maximum Gasteiger partial charge on any atom is 0.322 e. The number of nitrogens with zero attached hydrogens (tertiary/aromatic N) is 3. The summed E-state index contributed by atoms with van der Waals surface area (Å²) in [5.41, 5.74) is 0.0675. The second-order valence-corrected chi connectivity index (χ2v) is 8.79. The molecule has 28 heavy (non-hydrogen) atoms. The van der Waals surface area contributed by atoms with E-state index >= 15 is 0 Å². The summed E-state index contributed by atoms with van der Waals surface area (Å²) in [4.78, 5) is 31.6. The number of hydrogen-bond acceptors (Lipinski definition) is 6. The molecule has 1 saturated heterocycles. The first-order valence-electron chi connectivity index (χ1n) is 8.85. The van der Waals surface area contributed by atoms with Crippen LogP contribution in [0.5, 0.6) is 0 Å². The van der Waals surface area contributed by atoms with E-state index in [4.69, 9.17) is 0 Å². The Kier molecular flexibility index (Phi) is 5.49. The van der Waals surface area contributed by atoms with Gasteiger partial charge in [-0.2, -0.15) is 4.31 Å². The minimum atomic E-state index is -3.73. The minimum Gasteiger partial charge on any atom is -0.322 e. The lowest BCUT2D eigenvalue weighted by Crippen LogP contribution is -2.52. The molecule has 10 heteroatoms. The summed E-state index contributed by atoms with van der Waals surface area (Å²) in [5, 5.41) is 4.44. The van der Waals surface area contributed by atoms with Crippen molar-refractivity contribution in [2.24, 2.45) is 0 Å². The highest BCUT2D eigenvalue weighted by Gasteiger charge is 2.46. The minimum absolute atomic E-state index is 0.170. The normalized spacial score (nSPS) is 22.7. The number of nitrogens with one attached hydrogen (secondary N) is 2. The molecule has 1 atom stereocenters. The quantitative estimate of drug-likeness (QED) is 0.537. The number of aryl methyl sites for hydroxylation is 1. The summed E-state index contributed by atoms with van der Waals surface area (Å²) in [6.45, 7) is 3.80. The van der Waals surface area contributed by atoms with Crippen molar-refractivity contribution in [3.63, 3.8) is 0 Å². The van der Waals surface area contributed by atoms with Crippen LogP contribution in [0.1, 0.15) is 31.7 Å². The van der Waals surface area contributed by atoms with Gasteiger partial charge in [0.15, 0.2) is 0 Å². The van der Waals surface area contributed by atoms with E-state index in [1.165, 1.54) is 11.2 Å². The molecule has 1 aromatic heterocycles. The van der Waals surface area contributed by atoms with Crippen molar-refractivity contribution < 1.29 is 18.0 Å². The highest BCUT2D eigenvalue weighted by Crippen LogP contribution is 2.19. The molecule has 0 spiro atoms. The first-order chi connectivity index (χ1) is 13.2. The molecule has 3 rings (SSSR count). The number of aromatic nitrogens is 2. The average Bonchev–Trinajstić information content (AvgIpc) is 2.91. The maximum absolute atomic E-state index is 12.7. The first-order valence-corrected chi connectivity index (χ1v) is 10.5. The molecule has 0 aromatic carbocycles. The third-order valence-corrected chi connectivity index (χ3v) is 6.60. The van der Waals surface area contributed by atoms with Gasteiger partial charge in [0, 0.05) is 37.5 Å². The third kappa shape index (κ3) is 4.37. The summed E-state index contributed by atoms with van der Waals surface area (Å²) < 4.78 is 26.6. The van der Waals surface area contributed by atoms with Gasteiger partial charge in [-0.15, -0.1) is 0 Å². The summed E-state index contributed by atoms with van der Waals surface area (Å²) in [6.07, 6.45) is 6.31. The van der Waals surface area contributed by atoms with Gasteiger partial charge >= 0.3 is 6.03 Å². The molecule has 2 aliphatic heterocycles. The molecule has 9 nitrogen and oxygen atoms in total. The fraction of sp³-hybridized carbons (Fsp3) is 0.444. The van der Waals surface area contributed by atoms with E-state index in [9.17, 15) is 18.0 Å². The van der Waals surface area contributed by atoms with Gasteiger partial charge in [0.25, 0.3) is 5.91 Å². The van der Waals surface area contributed by atoms with Crippen molar-refractivity contribution in [2.75, 3.05) is 18.8 Å². The fourth-order valence-corrected chi connectivity index (χ4v) is 4.69. The lowest BCUT2D eigenvalue weighted by molar-refractivity contribution is -0.122. The van der Waals surface area contributed by atoms with Crippen molar-refractivity contribution in [1.29, 1.82) is 0 Å². The van der Waals surface area contributed by atoms with Crippen LogP contribution in [0, 0.1) is 11.8 Å². The van der Waals surface area contributed by atoms with Crippen molar-refractivity contribution in [1.82, 2.24) is 24.9 Å². The molecule has 2 aliphatic rings. The number of carbonyl (C=O) groups excluding carboxylic acids is 2. The number of imide groups is 1. The highest BCUT2D eigenvalue weighted by atomic mass is 32.2. The van der Waals surface area contributed by atoms with Gasteiger partial charge in [-0.3, -0.25) is 10.1 Å². The largest absolute Gasteiger partial charge is 0.322 e. The van der Waals surface area contributed by atoms with Crippen LogP contribution in [0.15, 0.2) is 24.0 Å². The van der Waals surface area contributed by atoms with Crippen LogP contribution in [-0.2, 0) is 21.2 Å². The van der Waals surface area contributed by atoms with Gasteiger partial charge in [-0.05, 0) is 13.3 Å². The fourth-order valence-electron chi connectivity index (χ4n) is 2.91. The van der Waals surface area contributed by atoms with Crippen molar-refractivity contribution in [2.45, 2.75) is 32.2 Å².